The molecule has 0 radical (unpaired) electrons. The highest BCUT2D eigenvalue weighted by Gasteiger charge is 2.46. The number of carbonyl (C=O) groups excluding carboxylic acids is 1. The van der Waals surface area contributed by atoms with Crippen LogP contribution in [-0.4, -0.2) is 66.9 Å². The minimum absolute atomic E-state index is 0.0505. The first kappa shape index (κ1) is 21.4. The highest BCUT2D eigenvalue weighted by molar-refractivity contribution is 7.10. The van der Waals surface area contributed by atoms with Gasteiger partial charge in [-0.15, -0.1) is 11.3 Å². The average Bonchev–Trinajstić information content (AvgIpc) is 3.40. The summed E-state index contributed by atoms with van der Waals surface area (Å²) < 4.78 is 26.9. The summed E-state index contributed by atoms with van der Waals surface area (Å²) >= 11 is 1.26. The van der Waals surface area contributed by atoms with Crippen molar-refractivity contribution in [1.29, 1.82) is 0 Å². The Balaban J connectivity index is 1.77. The van der Waals surface area contributed by atoms with E-state index in [9.17, 15) is 24.2 Å². The predicted octanol–water partition coefficient (Wildman–Crippen LogP) is 0.0504. The number of alkyl halides is 1. The van der Waals surface area contributed by atoms with Gasteiger partial charge in [-0.25, -0.2) is 23.5 Å². The molecule has 3 aromatic rings. The van der Waals surface area contributed by atoms with Crippen LogP contribution in [0.3, 0.4) is 0 Å². The summed E-state index contributed by atoms with van der Waals surface area (Å²) in [5, 5.41) is 21.2. The van der Waals surface area contributed by atoms with Crippen molar-refractivity contribution in [1.82, 2.24) is 19.1 Å². The lowest BCUT2D eigenvalue weighted by Crippen LogP contribution is -2.34. The van der Waals surface area contributed by atoms with Gasteiger partial charge in [0.2, 0.25) is 5.95 Å². The lowest BCUT2D eigenvalue weighted by atomic mass is 10.1. The van der Waals surface area contributed by atoms with Gasteiger partial charge in [0.25, 0.3) is 0 Å². The van der Waals surface area contributed by atoms with E-state index in [1.165, 1.54) is 22.1 Å². The fourth-order valence-corrected chi connectivity index (χ4v) is 4.30. The number of ether oxygens (including phenoxy) is 2. The van der Waals surface area contributed by atoms with Gasteiger partial charge >= 0.3 is 11.7 Å². The first-order valence-electron chi connectivity index (χ1n) is 9.42. The van der Waals surface area contributed by atoms with Crippen LogP contribution in [0.15, 0.2) is 22.4 Å². The van der Waals surface area contributed by atoms with E-state index in [2.05, 4.69) is 9.97 Å². The quantitative estimate of drug-likeness (QED) is 0.439. The second-order valence-electron chi connectivity index (χ2n) is 6.88. The summed E-state index contributed by atoms with van der Waals surface area (Å²) in [6.45, 7) is 1.34. The fraction of sp³-hybridized carbons (Fsp3) is 0.444. The van der Waals surface area contributed by atoms with Crippen LogP contribution in [-0.2, 0) is 16.0 Å². The van der Waals surface area contributed by atoms with E-state index in [0.29, 0.717) is 10.4 Å². The molecule has 4 rings (SSSR count). The maximum Gasteiger partial charge on any atom is 0.338 e. The number of halogens is 1. The van der Waals surface area contributed by atoms with Crippen LogP contribution in [0, 0.1) is 0 Å². The number of esters is 1. The molecular weight excluding hydrogens is 433 g/mol. The van der Waals surface area contributed by atoms with Crippen molar-refractivity contribution < 1.29 is 28.9 Å². The number of nitrogens with two attached hydrogens (primary N) is 1. The van der Waals surface area contributed by atoms with Gasteiger partial charge in [-0.1, -0.05) is 0 Å². The van der Waals surface area contributed by atoms with E-state index in [0.717, 1.165) is 4.57 Å². The number of rotatable bonds is 6. The lowest BCUT2D eigenvalue weighted by Gasteiger charge is -2.15. The number of fused-ring (bicyclic) bond motifs is 1. The number of thiophene rings is 1. The monoisotopic (exact) mass is 453 g/mol. The third-order valence-electron chi connectivity index (χ3n) is 4.93. The maximum absolute atomic E-state index is 14.3. The Bertz CT molecular complexity index is 1180. The van der Waals surface area contributed by atoms with Gasteiger partial charge in [0.15, 0.2) is 18.0 Å². The third-order valence-corrected chi connectivity index (χ3v) is 5.85. The van der Waals surface area contributed by atoms with Crippen molar-refractivity contribution in [2.45, 2.75) is 38.1 Å². The third kappa shape index (κ3) is 3.69. The van der Waals surface area contributed by atoms with Gasteiger partial charge in [0.05, 0.1) is 31.5 Å². The van der Waals surface area contributed by atoms with Crippen molar-refractivity contribution in [3.63, 3.8) is 0 Å². The molecule has 31 heavy (non-hydrogen) atoms. The molecule has 3 aromatic heterocycles. The molecular formula is C18H20FN5O6S. The van der Waals surface area contributed by atoms with Gasteiger partial charge in [0.1, 0.15) is 17.7 Å². The van der Waals surface area contributed by atoms with E-state index < -0.39 is 42.9 Å². The van der Waals surface area contributed by atoms with Gasteiger partial charge in [-0.05, 0) is 13.0 Å². The van der Waals surface area contributed by atoms with Crippen LogP contribution in [0.2, 0.25) is 0 Å². The molecule has 1 aliphatic rings. The van der Waals surface area contributed by atoms with Crippen LogP contribution in [0.1, 0.15) is 28.4 Å². The molecule has 0 saturated carbocycles. The molecule has 0 amide bonds. The highest BCUT2D eigenvalue weighted by atomic mass is 32.1. The van der Waals surface area contributed by atoms with Crippen molar-refractivity contribution in [3.8, 4) is 0 Å². The Morgan fingerprint density at radius 1 is 1.48 bits per heavy atom. The van der Waals surface area contributed by atoms with Crippen LogP contribution in [0.25, 0.3) is 11.2 Å². The second-order valence-corrected chi connectivity index (χ2v) is 7.88. The topological polar surface area (TPSA) is 155 Å². The standard InChI is InChI=1S/C18H20FN5O6S/c1-2-29-16(27)8-3-9(31-7-8)5-23-10-4-21-17(20)22-14(10)24(18(23)28)15-13(26)12(19)11(6-25)30-15/h3-4,7,11-13,15,25-26H,2,5-6H2,1H3,(H2,20,21,22)/t11-,12-,13-,15-/m1/s1. The second kappa shape index (κ2) is 8.34. The Hall–Kier alpha value is -2.87. The zero-order valence-corrected chi connectivity index (χ0v) is 17.2. The minimum atomic E-state index is -1.89. The van der Waals surface area contributed by atoms with E-state index >= 15 is 0 Å². The number of aliphatic hydroxyl groups excluding tert-OH is 2. The van der Waals surface area contributed by atoms with E-state index in [-0.39, 0.29) is 30.3 Å². The van der Waals surface area contributed by atoms with E-state index in [1.807, 2.05) is 0 Å². The predicted molar refractivity (Wildman–Crippen MR) is 107 cm³/mol. The Kier molecular flexibility index (Phi) is 5.75. The van der Waals surface area contributed by atoms with Crippen LogP contribution >= 0.6 is 11.3 Å². The number of nitrogen functional groups attached to an aromatic ring is 1. The fourth-order valence-electron chi connectivity index (χ4n) is 3.46. The molecule has 1 aliphatic heterocycles. The first-order valence-corrected chi connectivity index (χ1v) is 10.3. The molecule has 4 atom stereocenters. The molecule has 0 unspecified atom stereocenters. The van der Waals surface area contributed by atoms with Crippen molar-refractivity contribution in [3.05, 3.63) is 38.6 Å². The number of aliphatic hydroxyl groups is 2. The van der Waals surface area contributed by atoms with Gasteiger partial charge in [0, 0.05) is 10.3 Å². The van der Waals surface area contributed by atoms with Crippen molar-refractivity contribution >= 4 is 34.4 Å². The van der Waals surface area contributed by atoms with Gasteiger partial charge in [-0.2, -0.15) is 4.98 Å². The van der Waals surface area contributed by atoms with Gasteiger partial charge < -0.3 is 25.4 Å². The summed E-state index contributed by atoms with van der Waals surface area (Å²) in [6.07, 6.45) is -4.93. The SMILES string of the molecule is CCOC(=O)c1csc(Cn2c(=O)n([C@@H]3O[C@H](CO)[C@@H](F)[C@H]3O)c3nc(N)ncc32)c1. The van der Waals surface area contributed by atoms with Crippen molar-refractivity contribution in [2.75, 3.05) is 18.9 Å². The zero-order chi connectivity index (χ0) is 22.3. The largest absolute Gasteiger partial charge is 0.462 e. The normalized spacial score (nSPS) is 23.5. The number of nitrogens with zero attached hydrogens (tertiary/aromatic N) is 4. The lowest BCUT2D eigenvalue weighted by molar-refractivity contribution is -0.0513. The minimum Gasteiger partial charge on any atom is -0.462 e. The Labute approximate surface area is 178 Å². The molecule has 0 bridgehead atoms. The summed E-state index contributed by atoms with van der Waals surface area (Å²) in [5.74, 6) is -0.593. The number of hydrogen-bond donors (Lipinski definition) is 3. The maximum atomic E-state index is 14.3. The Morgan fingerprint density at radius 3 is 2.94 bits per heavy atom. The van der Waals surface area contributed by atoms with Gasteiger partial charge in [-0.3, -0.25) is 4.57 Å². The summed E-state index contributed by atoms with van der Waals surface area (Å²) in [7, 11) is 0. The molecule has 0 aliphatic carbocycles. The molecule has 4 N–H and O–H groups in total. The van der Waals surface area contributed by atoms with Crippen LogP contribution in [0.5, 0.6) is 0 Å². The van der Waals surface area contributed by atoms with E-state index in [4.69, 9.17) is 15.2 Å². The molecule has 0 aromatic carbocycles. The molecule has 166 valence electrons. The van der Waals surface area contributed by atoms with Crippen LogP contribution in [0.4, 0.5) is 10.3 Å². The Morgan fingerprint density at radius 2 is 2.26 bits per heavy atom. The van der Waals surface area contributed by atoms with Crippen LogP contribution < -0.4 is 11.4 Å². The van der Waals surface area contributed by atoms with E-state index in [1.54, 1.807) is 18.4 Å². The summed E-state index contributed by atoms with van der Waals surface area (Å²) in [4.78, 5) is 33.8. The van der Waals surface area contributed by atoms with Crippen molar-refractivity contribution in [2.24, 2.45) is 0 Å². The number of aromatic nitrogens is 4. The average molecular weight is 453 g/mol. The molecule has 13 heteroatoms. The molecule has 1 fully saturated rings. The number of anilines is 1. The number of imidazole rings is 1. The smallest absolute Gasteiger partial charge is 0.338 e. The zero-order valence-electron chi connectivity index (χ0n) is 16.3. The molecule has 1 saturated heterocycles. The number of carbonyl (C=O) groups is 1. The first-order chi connectivity index (χ1) is 14.8. The summed E-state index contributed by atoms with van der Waals surface area (Å²) in [6, 6.07) is 1.61. The summed E-state index contributed by atoms with van der Waals surface area (Å²) in [5.41, 5.74) is 5.72. The highest BCUT2D eigenvalue weighted by Crippen LogP contribution is 2.32. The number of hydrogen-bond acceptors (Lipinski definition) is 10. The molecule has 0 spiro atoms. The molecule has 11 nitrogen and oxygen atoms in total. The molecule has 4 heterocycles.